The highest BCUT2D eigenvalue weighted by atomic mass is 31.2. The zero-order valence-corrected chi connectivity index (χ0v) is 19.6. The van der Waals surface area contributed by atoms with E-state index in [1.807, 2.05) is 39.8 Å². The molecule has 0 fully saturated rings. The molecule has 0 aliphatic rings. The Hall–Kier alpha value is -0.740. The van der Waals surface area contributed by atoms with Gasteiger partial charge in [-0.1, -0.05) is 46.6 Å². The van der Waals surface area contributed by atoms with Crippen molar-refractivity contribution in [2.24, 2.45) is 0 Å². The zero-order valence-electron chi connectivity index (χ0n) is 17.8. The molecule has 0 aromatic rings. The van der Waals surface area contributed by atoms with Gasteiger partial charge in [-0.15, -0.1) is 0 Å². The maximum Gasteiger partial charge on any atom is 0.347 e. The van der Waals surface area contributed by atoms with Crippen LogP contribution in [0.2, 0.25) is 0 Å². The van der Waals surface area contributed by atoms with E-state index in [2.05, 4.69) is 0 Å². The Morgan fingerprint density at radius 3 is 1.46 bits per heavy atom. The van der Waals surface area contributed by atoms with Gasteiger partial charge in [0.1, 0.15) is 0 Å². The van der Waals surface area contributed by atoms with Gasteiger partial charge in [0, 0.05) is 0 Å². The van der Waals surface area contributed by atoms with Crippen LogP contribution < -0.4 is 0 Å². The van der Waals surface area contributed by atoms with Crippen molar-refractivity contribution in [3.05, 3.63) is 46.6 Å². The van der Waals surface area contributed by atoms with Crippen LogP contribution in [0.1, 0.15) is 73.6 Å². The van der Waals surface area contributed by atoms with Gasteiger partial charge in [0.2, 0.25) is 0 Å². The molecule has 0 rings (SSSR count). The van der Waals surface area contributed by atoms with E-state index in [0.717, 1.165) is 23.6 Å². The van der Waals surface area contributed by atoms with E-state index >= 15 is 0 Å². The van der Waals surface area contributed by atoms with Gasteiger partial charge in [0.05, 0.1) is 0 Å². The topological polar surface area (TPSA) is 115 Å². The predicted octanol–water partition coefficient (Wildman–Crippen LogP) is 5.81. The van der Waals surface area contributed by atoms with Crippen LogP contribution in [0.15, 0.2) is 46.6 Å². The first-order chi connectivity index (χ1) is 12.6. The van der Waals surface area contributed by atoms with Crippen LogP contribution in [0.3, 0.4) is 0 Å². The molecule has 0 amide bonds. The number of allylic oxidation sites excluding steroid dienone is 8. The van der Waals surface area contributed by atoms with Crippen molar-refractivity contribution < 1.29 is 28.7 Å². The summed E-state index contributed by atoms with van der Waals surface area (Å²) in [4.78, 5) is 37.1. The van der Waals surface area contributed by atoms with Crippen LogP contribution in [-0.4, -0.2) is 24.5 Å². The molecule has 0 aromatic heterocycles. The van der Waals surface area contributed by atoms with Gasteiger partial charge < -0.3 is 19.6 Å². The first-order valence-corrected chi connectivity index (χ1v) is 12.6. The average Bonchev–Trinajstić information content (AvgIpc) is 2.48. The molecule has 0 radical (unpaired) electrons. The molecule has 4 N–H and O–H groups in total. The van der Waals surface area contributed by atoms with Gasteiger partial charge in [0.15, 0.2) is 4.90 Å². The normalized spacial score (nSPS) is 14.1. The molecule has 0 aliphatic heterocycles. The highest BCUT2D eigenvalue weighted by molar-refractivity contribution is 7.72. The summed E-state index contributed by atoms with van der Waals surface area (Å²) < 4.78 is 24.5. The lowest BCUT2D eigenvalue weighted by atomic mass is 10.1. The minimum Gasteiger partial charge on any atom is -0.323 e. The van der Waals surface area contributed by atoms with E-state index in [0.29, 0.717) is 24.8 Å². The molecular weight excluding hydrogens is 398 g/mol. The molecule has 0 heterocycles. The summed E-state index contributed by atoms with van der Waals surface area (Å²) in [6.45, 7) is 11.3. The third-order valence-electron chi connectivity index (χ3n) is 4.42. The molecule has 0 spiro atoms. The van der Waals surface area contributed by atoms with Crippen LogP contribution in [0.4, 0.5) is 0 Å². The van der Waals surface area contributed by atoms with Crippen LogP contribution >= 0.6 is 15.2 Å². The van der Waals surface area contributed by atoms with Gasteiger partial charge in [-0.3, -0.25) is 9.13 Å². The average molecular weight is 434 g/mol. The van der Waals surface area contributed by atoms with E-state index in [1.165, 1.54) is 11.6 Å². The molecule has 0 saturated carbocycles. The molecule has 0 atom stereocenters. The first-order valence-electron chi connectivity index (χ1n) is 9.34. The fraction of sp³-hybridized carbons (Fsp3) is 0.600. The molecule has 6 nitrogen and oxygen atoms in total. The SMILES string of the molecule is CC(C)=CCC/C(C)=C/CC(/C=C(\C)CCC=C(C)C)(P(=O)(O)O)P(=O)(O)O. The highest BCUT2D eigenvalue weighted by Crippen LogP contribution is 2.71. The maximum atomic E-state index is 12.2. The van der Waals surface area contributed by atoms with Crippen molar-refractivity contribution >= 4 is 15.2 Å². The first kappa shape index (κ1) is 27.3. The van der Waals surface area contributed by atoms with Gasteiger partial charge in [-0.25, -0.2) is 0 Å². The van der Waals surface area contributed by atoms with E-state index in [4.69, 9.17) is 0 Å². The third-order valence-corrected chi connectivity index (χ3v) is 8.62. The van der Waals surface area contributed by atoms with Gasteiger partial charge in [0.25, 0.3) is 0 Å². The van der Waals surface area contributed by atoms with Gasteiger partial charge >= 0.3 is 15.2 Å². The Balaban J connectivity index is 5.88. The molecule has 8 heteroatoms. The molecule has 0 bridgehead atoms. The molecule has 0 saturated heterocycles. The minimum atomic E-state index is -5.14. The lowest BCUT2D eigenvalue weighted by Crippen LogP contribution is -2.26. The van der Waals surface area contributed by atoms with Crippen molar-refractivity contribution in [1.82, 2.24) is 0 Å². The smallest absolute Gasteiger partial charge is 0.323 e. The van der Waals surface area contributed by atoms with Gasteiger partial charge in [-0.2, -0.15) is 0 Å². The molecule has 0 aromatic carbocycles. The Labute approximate surface area is 169 Å². The second-order valence-electron chi connectivity index (χ2n) is 7.85. The quantitative estimate of drug-likeness (QED) is 0.241. The van der Waals surface area contributed by atoms with E-state index in [1.54, 1.807) is 13.8 Å². The predicted molar refractivity (Wildman–Crippen MR) is 116 cm³/mol. The molecule has 0 aliphatic carbocycles. The van der Waals surface area contributed by atoms with Gasteiger partial charge in [-0.05, 0) is 73.6 Å². The minimum absolute atomic E-state index is 0.414. The monoisotopic (exact) mass is 434 g/mol. The summed E-state index contributed by atoms with van der Waals surface area (Å²) in [5.74, 6) is 0. The Kier molecular flexibility index (Phi) is 11.1. The Morgan fingerprint density at radius 1 is 0.714 bits per heavy atom. The van der Waals surface area contributed by atoms with E-state index < -0.39 is 26.5 Å². The van der Waals surface area contributed by atoms with Crippen molar-refractivity contribution in [2.75, 3.05) is 0 Å². The molecule has 0 unspecified atom stereocenters. The summed E-state index contributed by atoms with van der Waals surface area (Å²) in [6, 6.07) is 0. The maximum absolute atomic E-state index is 12.2. The molecular formula is C20H36O6P2. The van der Waals surface area contributed by atoms with Crippen molar-refractivity contribution in [3.63, 3.8) is 0 Å². The number of hydrogen-bond acceptors (Lipinski definition) is 2. The molecule has 28 heavy (non-hydrogen) atoms. The van der Waals surface area contributed by atoms with E-state index in [9.17, 15) is 28.7 Å². The third kappa shape index (κ3) is 9.17. The fourth-order valence-corrected chi connectivity index (χ4v) is 5.50. The summed E-state index contributed by atoms with van der Waals surface area (Å²) in [5, 5.41) is 0. The van der Waals surface area contributed by atoms with Crippen LogP contribution in [-0.2, 0) is 9.13 Å². The Morgan fingerprint density at radius 2 is 1.11 bits per heavy atom. The Bertz CT molecular complexity index is 704. The summed E-state index contributed by atoms with van der Waals surface area (Å²) in [6.07, 6.45) is 8.78. The largest absolute Gasteiger partial charge is 0.347 e. The summed E-state index contributed by atoms with van der Waals surface area (Å²) in [7, 11) is -10.3. The number of hydrogen-bond donors (Lipinski definition) is 4. The van der Waals surface area contributed by atoms with Crippen LogP contribution in [0.25, 0.3) is 0 Å². The lowest BCUT2D eigenvalue weighted by molar-refractivity contribution is 0.321. The second kappa shape index (κ2) is 11.4. The number of rotatable bonds is 11. The highest BCUT2D eigenvalue weighted by Gasteiger charge is 2.57. The summed E-state index contributed by atoms with van der Waals surface area (Å²) in [5.41, 5.74) is 3.65. The van der Waals surface area contributed by atoms with Crippen molar-refractivity contribution in [1.29, 1.82) is 0 Å². The van der Waals surface area contributed by atoms with Crippen molar-refractivity contribution in [2.45, 2.75) is 78.5 Å². The lowest BCUT2D eigenvalue weighted by Gasteiger charge is -2.32. The molecule has 162 valence electrons. The van der Waals surface area contributed by atoms with Crippen LogP contribution in [0.5, 0.6) is 0 Å². The van der Waals surface area contributed by atoms with Crippen LogP contribution in [0, 0.1) is 0 Å². The second-order valence-corrected chi connectivity index (χ2v) is 12.0. The van der Waals surface area contributed by atoms with E-state index in [-0.39, 0.29) is 0 Å². The fourth-order valence-electron chi connectivity index (χ4n) is 2.70. The standard InChI is InChI=1S/C20H36O6P2/c1-16(2)9-7-11-18(5)13-14-20(27(21,22)23,28(24,25)26)15-19(6)12-8-10-17(3)4/h9-10,13,15H,7-8,11-12,14H2,1-6H3,(H2,21,22,23)(H2,24,25,26)/b18-13+,19-15+. The zero-order chi connectivity index (χ0) is 22.2. The summed E-state index contributed by atoms with van der Waals surface area (Å²) >= 11 is 0. The van der Waals surface area contributed by atoms with Crippen molar-refractivity contribution in [3.8, 4) is 0 Å².